The molecule has 0 radical (unpaired) electrons. The van der Waals surface area contributed by atoms with Crippen molar-refractivity contribution in [1.29, 1.82) is 0 Å². The Morgan fingerprint density at radius 2 is 2.33 bits per heavy atom. The van der Waals surface area contributed by atoms with Crippen molar-refractivity contribution in [1.82, 2.24) is 20.4 Å². The minimum Gasteiger partial charge on any atom is -0.337 e. The molecular formula is C13H20N4O. The van der Waals surface area contributed by atoms with Crippen molar-refractivity contribution in [3.05, 3.63) is 23.0 Å². The van der Waals surface area contributed by atoms with Gasteiger partial charge < -0.3 is 10.2 Å². The molecule has 18 heavy (non-hydrogen) atoms. The third-order valence-corrected chi connectivity index (χ3v) is 3.44. The second-order valence-electron chi connectivity index (χ2n) is 4.73. The van der Waals surface area contributed by atoms with E-state index in [4.69, 9.17) is 0 Å². The highest BCUT2D eigenvalue weighted by atomic mass is 16.2. The summed E-state index contributed by atoms with van der Waals surface area (Å²) in [7, 11) is 1.94. The van der Waals surface area contributed by atoms with Crippen molar-refractivity contribution in [2.24, 2.45) is 0 Å². The molecule has 1 aromatic heterocycles. The van der Waals surface area contributed by atoms with Crippen LogP contribution in [-0.2, 0) is 6.42 Å². The number of likely N-dealkylation sites (tertiary alicyclic amines) is 1. The Morgan fingerprint density at radius 1 is 1.56 bits per heavy atom. The normalized spacial score (nSPS) is 19.3. The van der Waals surface area contributed by atoms with Gasteiger partial charge in [0, 0.05) is 19.1 Å². The molecule has 0 saturated carbocycles. The number of rotatable bonds is 3. The summed E-state index contributed by atoms with van der Waals surface area (Å²) in [4.78, 5) is 14.4. The molecule has 0 aromatic carbocycles. The van der Waals surface area contributed by atoms with E-state index in [-0.39, 0.29) is 5.91 Å². The van der Waals surface area contributed by atoms with Gasteiger partial charge in [0.15, 0.2) is 0 Å². The minimum absolute atomic E-state index is 0.0857. The maximum absolute atomic E-state index is 12.5. The summed E-state index contributed by atoms with van der Waals surface area (Å²) in [5, 5.41) is 11.4. The smallest absolute Gasteiger partial charge is 0.255 e. The van der Waals surface area contributed by atoms with Crippen LogP contribution in [0.1, 0.15) is 35.1 Å². The van der Waals surface area contributed by atoms with Gasteiger partial charge in [-0.3, -0.25) is 4.79 Å². The van der Waals surface area contributed by atoms with E-state index in [2.05, 4.69) is 15.5 Å². The van der Waals surface area contributed by atoms with Gasteiger partial charge in [-0.15, -0.1) is 0 Å². The first-order chi connectivity index (χ1) is 8.65. The molecule has 2 heterocycles. The van der Waals surface area contributed by atoms with Gasteiger partial charge in [-0.05, 0) is 32.9 Å². The number of carbonyl (C=O) groups excluding carboxylic acids is 1. The molecule has 0 bridgehead atoms. The molecule has 1 fully saturated rings. The number of aryl methyl sites for hydroxylation is 2. The molecule has 0 spiro atoms. The quantitative estimate of drug-likeness (QED) is 0.859. The standard InChI is InChI=1S/C13H20N4O/c1-4-12-11(7-9(2)15-16-12)13(18)17-6-5-10(8-17)14-3/h7,10,14H,4-6,8H2,1-3H3. The van der Waals surface area contributed by atoms with Crippen LogP contribution < -0.4 is 5.32 Å². The van der Waals surface area contributed by atoms with E-state index >= 15 is 0 Å². The van der Waals surface area contributed by atoms with Gasteiger partial charge in [0.05, 0.1) is 17.0 Å². The van der Waals surface area contributed by atoms with Gasteiger partial charge in [0.25, 0.3) is 5.91 Å². The largest absolute Gasteiger partial charge is 0.337 e. The predicted molar refractivity (Wildman–Crippen MR) is 69.5 cm³/mol. The summed E-state index contributed by atoms with van der Waals surface area (Å²) in [6, 6.07) is 2.26. The lowest BCUT2D eigenvalue weighted by molar-refractivity contribution is 0.0787. The summed E-state index contributed by atoms with van der Waals surface area (Å²) in [6.07, 6.45) is 1.75. The summed E-state index contributed by atoms with van der Waals surface area (Å²) in [6.45, 7) is 5.45. The van der Waals surface area contributed by atoms with E-state index in [0.29, 0.717) is 11.6 Å². The van der Waals surface area contributed by atoms with Gasteiger partial charge in [0.1, 0.15) is 0 Å². The molecule has 1 atom stereocenters. The predicted octanol–water partition coefficient (Wildman–Crippen LogP) is 0.781. The summed E-state index contributed by atoms with van der Waals surface area (Å²) in [5.41, 5.74) is 2.29. The van der Waals surface area contributed by atoms with Crippen molar-refractivity contribution >= 4 is 5.91 Å². The lowest BCUT2D eigenvalue weighted by Gasteiger charge is -2.17. The maximum atomic E-state index is 12.5. The van der Waals surface area contributed by atoms with E-state index in [1.807, 2.05) is 31.9 Å². The first-order valence-electron chi connectivity index (χ1n) is 6.45. The Labute approximate surface area is 108 Å². The molecule has 1 unspecified atom stereocenters. The zero-order valence-electron chi connectivity index (χ0n) is 11.2. The van der Waals surface area contributed by atoms with Crippen LogP contribution in [-0.4, -0.2) is 47.2 Å². The highest BCUT2D eigenvalue weighted by Gasteiger charge is 2.27. The van der Waals surface area contributed by atoms with Crippen molar-refractivity contribution in [2.45, 2.75) is 32.7 Å². The number of carbonyl (C=O) groups is 1. The molecule has 0 aliphatic carbocycles. The first kappa shape index (κ1) is 13.0. The Bertz CT molecular complexity index is 447. The van der Waals surface area contributed by atoms with Gasteiger partial charge in [-0.25, -0.2) is 0 Å². The van der Waals surface area contributed by atoms with Gasteiger partial charge in [0.2, 0.25) is 0 Å². The highest BCUT2D eigenvalue weighted by Crippen LogP contribution is 2.16. The highest BCUT2D eigenvalue weighted by molar-refractivity contribution is 5.95. The lowest BCUT2D eigenvalue weighted by atomic mass is 10.1. The third kappa shape index (κ3) is 2.51. The van der Waals surface area contributed by atoms with Crippen LogP contribution in [0.25, 0.3) is 0 Å². The molecule has 1 aliphatic heterocycles. The van der Waals surface area contributed by atoms with E-state index in [1.54, 1.807) is 0 Å². The number of nitrogens with zero attached hydrogens (tertiary/aromatic N) is 3. The molecule has 1 N–H and O–H groups in total. The van der Waals surface area contributed by atoms with Crippen molar-refractivity contribution in [2.75, 3.05) is 20.1 Å². The van der Waals surface area contributed by atoms with E-state index in [9.17, 15) is 4.79 Å². The SMILES string of the molecule is CCc1nnc(C)cc1C(=O)N1CCC(NC)C1. The average molecular weight is 248 g/mol. The Balaban J connectivity index is 2.21. The van der Waals surface area contributed by atoms with Gasteiger partial charge in [-0.2, -0.15) is 10.2 Å². The molecule has 1 aromatic rings. The lowest BCUT2D eigenvalue weighted by Crippen LogP contribution is -2.34. The van der Waals surface area contributed by atoms with Crippen LogP contribution in [0.15, 0.2) is 6.07 Å². The van der Waals surface area contributed by atoms with Crippen LogP contribution >= 0.6 is 0 Å². The number of hydrogen-bond acceptors (Lipinski definition) is 4. The van der Waals surface area contributed by atoms with Gasteiger partial charge >= 0.3 is 0 Å². The number of nitrogens with one attached hydrogen (secondary N) is 1. The summed E-state index contributed by atoms with van der Waals surface area (Å²) >= 11 is 0. The van der Waals surface area contributed by atoms with Crippen molar-refractivity contribution < 1.29 is 4.79 Å². The maximum Gasteiger partial charge on any atom is 0.255 e. The van der Waals surface area contributed by atoms with E-state index in [0.717, 1.165) is 37.3 Å². The molecule has 2 rings (SSSR count). The van der Waals surface area contributed by atoms with Crippen LogP contribution in [0.5, 0.6) is 0 Å². The molecule has 5 nitrogen and oxygen atoms in total. The molecule has 98 valence electrons. The Morgan fingerprint density at radius 3 is 2.94 bits per heavy atom. The average Bonchev–Trinajstić information content (AvgIpc) is 2.86. The van der Waals surface area contributed by atoms with Crippen LogP contribution in [0.3, 0.4) is 0 Å². The van der Waals surface area contributed by atoms with E-state index < -0.39 is 0 Å². The number of likely N-dealkylation sites (N-methyl/N-ethyl adjacent to an activating group) is 1. The fourth-order valence-electron chi connectivity index (χ4n) is 2.31. The van der Waals surface area contributed by atoms with Crippen LogP contribution in [0.2, 0.25) is 0 Å². The fraction of sp³-hybridized carbons (Fsp3) is 0.615. The topological polar surface area (TPSA) is 58.1 Å². The number of hydrogen-bond donors (Lipinski definition) is 1. The second-order valence-corrected chi connectivity index (χ2v) is 4.73. The monoisotopic (exact) mass is 248 g/mol. The second kappa shape index (κ2) is 5.44. The Hall–Kier alpha value is -1.49. The fourth-order valence-corrected chi connectivity index (χ4v) is 2.31. The van der Waals surface area contributed by atoms with Crippen LogP contribution in [0.4, 0.5) is 0 Å². The van der Waals surface area contributed by atoms with Crippen LogP contribution in [0, 0.1) is 6.92 Å². The van der Waals surface area contributed by atoms with Crippen molar-refractivity contribution in [3.8, 4) is 0 Å². The van der Waals surface area contributed by atoms with E-state index in [1.165, 1.54) is 0 Å². The van der Waals surface area contributed by atoms with Gasteiger partial charge in [-0.1, -0.05) is 6.92 Å². The molecule has 1 amide bonds. The number of amides is 1. The molecule has 5 heteroatoms. The molecule has 1 saturated heterocycles. The molecule has 1 aliphatic rings. The molecular weight excluding hydrogens is 228 g/mol. The van der Waals surface area contributed by atoms with Crippen molar-refractivity contribution in [3.63, 3.8) is 0 Å². The summed E-state index contributed by atoms with van der Waals surface area (Å²) in [5.74, 6) is 0.0857. The zero-order valence-corrected chi connectivity index (χ0v) is 11.2. The summed E-state index contributed by atoms with van der Waals surface area (Å²) < 4.78 is 0. The number of aromatic nitrogens is 2. The zero-order chi connectivity index (χ0) is 13.1. The first-order valence-corrected chi connectivity index (χ1v) is 6.45. The third-order valence-electron chi connectivity index (χ3n) is 3.44. The Kier molecular flexibility index (Phi) is 3.91. The minimum atomic E-state index is 0.0857.